The van der Waals surface area contributed by atoms with E-state index >= 15 is 0 Å². The Morgan fingerprint density at radius 3 is 2.35 bits per heavy atom. The molecule has 0 aromatic heterocycles. The predicted molar refractivity (Wildman–Crippen MR) is 101 cm³/mol. The number of fused-ring (bicyclic) bond motifs is 1. The second-order valence-corrected chi connectivity index (χ2v) is 5.76. The highest BCUT2D eigenvalue weighted by atomic mass is 16.1. The van der Waals surface area contributed by atoms with Gasteiger partial charge in [0.1, 0.15) is 0 Å². The highest BCUT2D eigenvalue weighted by Gasteiger charge is 2.15. The molecular formula is C20H28N2O. The van der Waals surface area contributed by atoms with Crippen LogP contribution in [0.3, 0.4) is 0 Å². The molecular weight excluding hydrogens is 284 g/mol. The fraction of sp³-hybridized carbons (Fsp3) is 0.350. The summed E-state index contributed by atoms with van der Waals surface area (Å²) in [6.45, 7) is 12.2. The van der Waals surface area contributed by atoms with Gasteiger partial charge in [0.15, 0.2) is 5.78 Å². The molecule has 0 aliphatic carbocycles. The normalized spacial score (nSPS) is 11.3. The van der Waals surface area contributed by atoms with Crippen LogP contribution in [0.15, 0.2) is 55.2 Å². The average molecular weight is 312 g/mol. The van der Waals surface area contributed by atoms with Crippen molar-refractivity contribution in [2.75, 3.05) is 11.9 Å². The van der Waals surface area contributed by atoms with E-state index in [0.29, 0.717) is 5.92 Å². The molecule has 0 saturated heterocycles. The van der Waals surface area contributed by atoms with E-state index in [1.54, 1.807) is 13.1 Å². The molecule has 0 bridgehead atoms. The minimum Gasteiger partial charge on any atom is -0.385 e. The fourth-order valence-corrected chi connectivity index (χ4v) is 2.48. The second kappa shape index (κ2) is 9.67. The SMILES string of the molecule is C=CNC(C(C)=O)C(C)C.CCNc1cccc2ccccc12. The van der Waals surface area contributed by atoms with Crippen molar-refractivity contribution < 1.29 is 4.79 Å². The molecule has 2 aromatic rings. The third kappa shape index (κ3) is 5.78. The van der Waals surface area contributed by atoms with Crippen molar-refractivity contribution in [1.82, 2.24) is 5.32 Å². The first-order valence-corrected chi connectivity index (χ1v) is 8.10. The topological polar surface area (TPSA) is 41.1 Å². The molecule has 3 nitrogen and oxygen atoms in total. The average Bonchev–Trinajstić information content (AvgIpc) is 2.53. The summed E-state index contributed by atoms with van der Waals surface area (Å²) < 4.78 is 0. The smallest absolute Gasteiger partial charge is 0.152 e. The Hall–Kier alpha value is -2.29. The van der Waals surface area contributed by atoms with E-state index in [-0.39, 0.29) is 11.8 Å². The zero-order valence-corrected chi connectivity index (χ0v) is 14.6. The van der Waals surface area contributed by atoms with E-state index in [4.69, 9.17) is 0 Å². The first-order chi connectivity index (χ1) is 11.0. The fourth-order valence-electron chi connectivity index (χ4n) is 2.48. The lowest BCUT2D eigenvalue weighted by atomic mass is 10.0. The molecule has 0 aliphatic rings. The number of rotatable bonds is 6. The van der Waals surface area contributed by atoms with Crippen LogP contribution < -0.4 is 10.6 Å². The standard InChI is InChI=1S/C12H13N.C8H15NO/c1-2-13-12-9-5-7-10-6-3-4-8-11(10)12;1-5-9-8(6(2)3)7(4)10/h3-9,13H,2H2,1H3;5-6,8-9H,1H2,2-4H3. The molecule has 2 N–H and O–H groups in total. The van der Waals surface area contributed by atoms with Crippen LogP contribution in [-0.4, -0.2) is 18.4 Å². The van der Waals surface area contributed by atoms with E-state index in [1.807, 2.05) is 13.8 Å². The minimum atomic E-state index is -0.0718. The maximum Gasteiger partial charge on any atom is 0.152 e. The number of carbonyl (C=O) groups is 1. The molecule has 2 rings (SSSR count). The van der Waals surface area contributed by atoms with Gasteiger partial charge < -0.3 is 10.6 Å². The Morgan fingerprint density at radius 2 is 1.83 bits per heavy atom. The molecule has 1 unspecified atom stereocenters. The lowest BCUT2D eigenvalue weighted by Crippen LogP contribution is -2.36. The molecule has 0 spiro atoms. The van der Waals surface area contributed by atoms with Crippen molar-refractivity contribution >= 4 is 22.2 Å². The Kier molecular flexibility index (Phi) is 7.89. The summed E-state index contributed by atoms with van der Waals surface area (Å²) in [5.74, 6) is 0.491. The molecule has 1 atom stereocenters. The molecule has 0 radical (unpaired) electrons. The van der Waals surface area contributed by atoms with E-state index in [9.17, 15) is 4.79 Å². The predicted octanol–water partition coefficient (Wildman–Crippen LogP) is 4.60. The number of hydrogen-bond donors (Lipinski definition) is 2. The van der Waals surface area contributed by atoms with Gasteiger partial charge in [0.05, 0.1) is 6.04 Å². The maximum atomic E-state index is 10.9. The van der Waals surface area contributed by atoms with Gasteiger partial charge in [-0.3, -0.25) is 4.79 Å². The molecule has 0 aliphatic heterocycles. The van der Waals surface area contributed by atoms with E-state index < -0.39 is 0 Å². The number of anilines is 1. The van der Waals surface area contributed by atoms with Crippen LogP contribution in [0.25, 0.3) is 10.8 Å². The third-order valence-corrected chi connectivity index (χ3v) is 3.56. The number of ketones is 1. The lowest BCUT2D eigenvalue weighted by molar-refractivity contribution is -0.119. The quantitative estimate of drug-likeness (QED) is 0.818. The van der Waals surface area contributed by atoms with E-state index in [0.717, 1.165) is 6.54 Å². The van der Waals surface area contributed by atoms with Gasteiger partial charge in [0, 0.05) is 17.6 Å². The van der Waals surface area contributed by atoms with Crippen LogP contribution >= 0.6 is 0 Å². The number of Topliss-reactive ketones (excluding diaryl/α,β-unsaturated/α-hetero) is 1. The number of carbonyl (C=O) groups excluding carboxylic acids is 1. The van der Waals surface area contributed by atoms with Gasteiger partial charge in [-0.25, -0.2) is 0 Å². The summed E-state index contributed by atoms with van der Waals surface area (Å²) >= 11 is 0. The van der Waals surface area contributed by atoms with Crippen LogP contribution in [0.1, 0.15) is 27.7 Å². The van der Waals surface area contributed by atoms with E-state index in [2.05, 4.69) is 66.6 Å². The monoisotopic (exact) mass is 312 g/mol. The Morgan fingerprint density at radius 1 is 1.17 bits per heavy atom. The summed E-state index contributed by atoms with van der Waals surface area (Å²) in [4.78, 5) is 10.9. The van der Waals surface area contributed by atoms with Gasteiger partial charge in [-0.15, -0.1) is 0 Å². The highest BCUT2D eigenvalue weighted by molar-refractivity contribution is 5.93. The van der Waals surface area contributed by atoms with Crippen molar-refractivity contribution in [2.24, 2.45) is 5.92 Å². The van der Waals surface area contributed by atoms with Gasteiger partial charge in [-0.1, -0.05) is 56.8 Å². The van der Waals surface area contributed by atoms with Crippen molar-refractivity contribution in [3.05, 3.63) is 55.2 Å². The zero-order chi connectivity index (χ0) is 17.2. The van der Waals surface area contributed by atoms with Crippen molar-refractivity contribution in [1.29, 1.82) is 0 Å². The summed E-state index contributed by atoms with van der Waals surface area (Å²) in [6.07, 6.45) is 1.56. The third-order valence-electron chi connectivity index (χ3n) is 3.56. The number of benzene rings is 2. The van der Waals surface area contributed by atoms with Crippen LogP contribution in [0.2, 0.25) is 0 Å². The van der Waals surface area contributed by atoms with Crippen LogP contribution in [0.5, 0.6) is 0 Å². The molecule has 3 heteroatoms. The van der Waals surface area contributed by atoms with E-state index in [1.165, 1.54) is 16.5 Å². The van der Waals surface area contributed by atoms with Crippen molar-refractivity contribution in [2.45, 2.75) is 33.7 Å². The summed E-state index contributed by atoms with van der Waals surface area (Å²) in [7, 11) is 0. The molecule has 0 fully saturated rings. The number of hydrogen-bond acceptors (Lipinski definition) is 3. The second-order valence-electron chi connectivity index (χ2n) is 5.76. The van der Waals surface area contributed by atoms with Crippen LogP contribution in [0, 0.1) is 5.92 Å². The summed E-state index contributed by atoms with van der Waals surface area (Å²) in [6, 6.07) is 14.7. The van der Waals surface area contributed by atoms with Gasteiger partial charge >= 0.3 is 0 Å². The zero-order valence-electron chi connectivity index (χ0n) is 14.6. The van der Waals surface area contributed by atoms with Gasteiger partial charge in [0.25, 0.3) is 0 Å². The highest BCUT2D eigenvalue weighted by Crippen LogP contribution is 2.22. The molecule has 2 aromatic carbocycles. The van der Waals surface area contributed by atoms with Crippen LogP contribution in [-0.2, 0) is 4.79 Å². The minimum absolute atomic E-state index is 0.0718. The Balaban J connectivity index is 0.000000241. The first-order valence-electron chi connectivity index (χ1n) is 8.10. The largest absolute Gasteiger partial charge is 0.385 e. The Labute approximate surface area is 139 Å². The molecule has 0 saturated carbocycles. The molecule has 124 valence electrons. The molecule has 23 heavy (non-hydrogen) atoms. The summed E-state index contributed by atoms with van der Waals surface area (Å²) in [5.41, 5.74) is 1.22. The van der Waals surface area contributed by atoms with Gasteiger partial charge in [-0.2, -0.15) is 0 Å². The number of nitrogens with one attached hydrogen (secondary N) is 2. The molecule has 0 heterocycles. The van der Waals surface area contributed by atoms with Crippen LogP contribution in [0.4, 0.5) is 5.69 Å². The first kappa shape index (κ1) is 18.8. The van der Waals surface area contributed by atoms with Crippen molar-refractivity contribution in [3.8, 4) is 0 Å². The van der Waals surface area contributed by atoms with Gasteiger partial charge in [0.2, 0.25) is 0 Å². The molecule has 0 amide bonds. The van der Waals surface area contributed by atoms with Crippen molar-refractivity contribution in [3.63, 3.8) is 0 Å². The van der Waals surface area contributed by atoms with Gasteiger partial charge in [-0.05, 0) is 37.4 Å². The summed E-state index contributed by atoms with van der Waals surface area (Å²) in [5, 5.41) is 8.84. The Bertz CT molecular complexity index is 629. The maximum absolute atomic E-state index is 10.9. The lowest BCUT2D eigenvalue weighted by Gasteiger charge is -2.17.